The molecule has 0 saturated heterocycles. The predicted octanol–water partition coefficient (Wildman–Crippen LogP) is 4.65. The molecule has 0 heterocycles. The summed E-state index contributed by atoms with van der Waals surface area (Å²) >= 11 is 0. The van der Waals surface area contributed by atoms with Gasteiger partial charge in [0.15, 0.2) is 23.1 Å². The number of carbonyl (C=O) groups excluding carboxylic acids is 3. The molecule has 192 valence electrons. The number of aryl methyl sites for hydroxylation is 1. The Labute approximate surface area is 206 Å². The number of ether oxygens (including phenoxy) is 1. The summed E-state index contributed by atoms with van der Waals surface area (Å²) in [7, 11) is 3.08. The van der Waals surface area contributed by atoms with Crippen LogP contribution in [0.4, 0.5) is 13.2 Å². The summed E-state index contributed by atoms with van der Waals surface area (Å²) in [5.74, 6) is -4.18. The van der Waals surface area contributed by atoms with Crippen LogP contribution in [0.1, 0.15) is 29.5 Å². The molecule has 10 heteroatoms. The summed E-state index contributed by atoms with van der Waals surface area (Å²) < 4.78 is 41.3. The van der Waals surface area contributed by atoms with E-state index in [-0.39, 0.29) is 30.1 Å². The molecule has 2 N–H and O–H groups in total. The second-order valence-corrected chi connectivity index (χ2v) is 8.17. The van der Waals surface area contributed by atoms with Crippen LogP contribution in [0.2, 0.25) is 0 Å². The van der Waals surface area contributed by atoms with Crippen LogP contribution in [-0.4, -0.2) is 53.0 Å². The predicted molar refractivity (Wildman–Crippen MR) is 127 cm³/mol. The van der Waals surface area contributed by atoms with E-state index in [2.05, 4.69) is 4.74 Å². The van der Waals surface area contributed by atoms with Crippen LogP contribution >= 0.6 is 0 Å². The van der Waals surface area contributed by atoms with Crippen molar-refractivity contribution in [2.24, 2.45) is 5.92 Å². The van der Waals surface area contributed by atoms with Crippen LogP contribution in [0.5, 0.6) is 17.2 Å². The molecule has 36 heavy (non-hydrogen) atoms. The molecule has 1 atom stereocenters. The quantitative estimate of drug-likeness (QED) is 0.360. The van der Waals surface area contributed by atoms with Crippen molar-refractivity contribution in [2.45, 2.75) is 26.1 Å². The minimum Gasteiger partial charge on any atom is -0.508 e. The summed E-state index contributed by atoms with van der Waals surface area (Å²) in [4.78, 5) is 39.1. The van der Waals surface area contributed by atoms with Crippen LogP contribution in [0.25, 0.3) is 12.2 Å². The number of halogens is 3. The maximum absolute atomic E-state index is 12.9. The molecule has 2 aromatic carbocycles. The highest BCUT2D eigenvalue weighted by Gasteiger charge is 2.32. The van der Waals surface area contributed by atoms with Gasteiger partial charge in [-0.25, -0.2) is 0 Å². The molecule has 1 unspecified atom stereocenters. The van der Waals surface area contributed by atoms with E-state index in [0.29, 0.717) is 11.1 Å². The van der Waals surface area contributed by atoms with Crippen molar-refractivity contribution in [2.75, 3.05) is 14.1 Å². The van der Waals surface area contributed by atoms with Gasteiger partial charge in [-0.2, -0.15) is 0 Å². The van der Waals surface area contributed by atoms with Gasteiger partial charge >= 0.3 is 6.36 Å². The van der Waals surface area contributed by atoms with E-state index in [9.17, 15) is 37.8 Å². The number of carbonyl (C=O) groups is 3. The number of benzene rings is 2. The monoisotopic (exact) mass is 505 g/mol. The van der Waals surface area contributed by atoms with Gasteiger partial charge in [0.2, 0.25) is 5.91 Å². The Hall–Kier alpha value is -4.08. The van der Waals surface area contributed by atoms with E-state index in [1.165, 1.54) is 35.3 Å². The number of phenols is 2. The number of amides is 1. The zero-order valence-corrected chi connectivity index (χ0v) is 19.9. The summed E-state index contributed by atoms with van der Waals surface area (Å²) in [6.07, 6.45) is -0.259. The number of phenolic OH excluding ortho intramolecular Hbond substituents is 2. The van der Waals surface area contributed by atoms with Crippen molar-refractivity contribution in [1.82, 2.24) is 4.90 Å². The minimum absolute atomic E-state index is 0.0715. The second kappa shape index (κ2) is 12.1. The average Bonchev–Trinajstić information content (AvgIpc) is 2.79. The van der Waals surface area contributed by atoms with Crippen molar-refractivity contribution < 1.29 is 42.5 Å². The summed E-state index contributed by atoms with van der Waals surface area (Å²) in [5.41, 5.74) is 1.33. The molecule has 0 radical (unpaired) electrons. The van der Waals surface area contributed by atoms with Gasteiger partial charge in [-0.15, -0.1) is 13.2 Å². The normalized spacial score (nSPS) is 12.6. The van der Waals surface area contributed by atoms with Crippen molar-refractivity contribution >= 4 is 29.6 Å². The van der Waals surface area contributed by atoms with Crippen LogP contribution < -0.4 is 4.74 Å². The maximum Gasteiger partial charge on any atom is 0.573 e. The topological polar surface area (TPSA) is 104 Å². The molecular formula is C26H26F3NO6. The van der Waals surface area contributed by atoms with E-state index >= 15 is 0 Å². The molecular weight excluding hydrogens is 479 g/mol. The SMILES string of the molecule is Cc1cc(/C=C/C(=O)C(CCC(=O)N(C)C)C(=O)/C=C/c2ccc(O)c(OC(F)(F)F)c2)ccc1O. The molecule has 0 aliphatic rings. The lowest BCUT2D eigenvalue weighted by molar-refractivity contribution is -0.275. The highest BCUT2D eigenvalue weighted by Crippen LogP contribution is 2.32. The molecule has 2 rings (SSSR count). The largest absolute Gasteiger partial charge is 0.573 e. The molecule has 0 fully saturated rings. The van der Waals surface area contributed by atoms with E-state index in [4.69, 9.17) is 0 Å². The lowest BCUT2D eigenvalue weighted by Gasteiger charge is -2.14. The molecule has 2 aromatic rings. The Balaban J connectivity index is 2.25. The lowest BCUT2D eigenvalue weighted by atomic mass is 9.92. The van der Waals surface area contributed by atoms with E-state index < -0.39 is 35.3 Å². The molecule has 0 saturated carbocycles. The van der Waals surface area contributed by atoms with Crippen molar-refractivity contribution in [3.05, 3.63) is 65.2 Å². The van der Waals surface area contributed by atoms with Crippen molar-refractivity contribution in [1.29, 1.82) is 0 Å². The molecule has 0 aromatic heterocycles. The standard InChI is InChI=1S/C26H26F3NO6/c1-16-14-17(4-9-20(16)31)5-10-21(32)19(8-13-25(35)30(2)3)22(33)11-6-18-7-12-23(34)24(15-18)36-26(27,28)29/h4-7,9-12,14-15,19,31,34H,8,13H2,1-3H3/b10-5+,11-6+. The molecule has 0 bridgehead atoms. The minimum atomic E-state index is -5.02. The zero-order chi connectivity index (χ0) is 27.0. The Morgan fingerprint density at radius 2 is 1.47 bits per heavy atom. The van der Waals surface area contributed by atoms with Crippen molar-refractivity contribution in [3.63, 3.8) is 0 Å². The van der Waals surface area contributed by atoms with Crippen LogP contribution in [0.3, 0.4) is 0 Å². The third-order valence-electron chi connectivity index (χ3n) is 5.14. The summed E-state index contributed by atoms with van der Waals surface area (Å²) in [6, 6.07) is 7.84. The number of ketones is 2. The van der Waals surface area contributed by atoms with Gasteiger partial charge in [0, 0.05) is 20.5 Å². The number of allylic oxidation sites excluding steroid dienone is 2. The van der Waals surface area contributed by atoms with Crippen LogP contribution in [-0.2, 0) is 14.4 Å². The van der Waals surface area contributed by atoms with Gasteiger partial charge in [-0.3, -0.25) is 14.4 Å². The van der Waals surface area contributed by atoms with Crippen LogP contribution in [0, 0.1) is 12.8 Å². The average molecular weight is 505 g/mol. The number of alkyl halides is 3. The Bertz CT molecular complexity index is 1180. The Morgan fingerprint density at radius 3 is 1.97 bits per heavy atom. The fourth-order valence-electron chi connectivity index (χ4n) is 3.13. The van der Waals surface area contributed by atoms with Gasteiger partial charge in [0.05, 0.1) is 5.92 Å². The highest BCUT2D eigenvalue weighted by molar-refractivity contribution is 6.13. The number of hydrogen-bond donors (Lipinski definition) is 2. The lowest BCUT2D eigenvalue weighted by Crippen LogP contribution is -2.26. The molecule has 7 nitrogen and oxygen atoms in total. The van der Waals surface area contributed by atoms with Gasteiger partial charge in [0.1, 0.15) is 5.75 Å². The Morgan fingerprint density at radius 1 is 0.944 bits per heavy atom. The number of hydrogen-bond acceptors (Lipinski definition) is 6. The zero-order valence-electron chi connectivity index (χ0n) is 19.9. The van der Waals surface area contributed by atoms with Gasteiger partial charge < -0.3 is 19.8 Å². The first-order valence-electron chi connectivity index (χ1n) is 10.8. The number of rotatable bonds is 10. The van der Waals surface area contributed by atoms with Gasteiger partial charge in [0.25, 0.3) is 0 Å². The first-order chi connectivity index (χ1) is 16.8. The fourth-order valence-corrected chi connectivity index (χ4v) is 3.13. The fraction of sp³-hybridized carbons (Fsp3) is 0.269. The number of nitrogens with zero attached hydrogens (tertiary/aromatic N) is 1. The van der Waals surface area contributed by atoms with E-state index in [1.54, 1.807) is 33.2 Å². The van der Waals surface area contributed by atoms with Crippen LogP contribution in [0.15, 0.2) is 48.6 Å². The molecule has 0 aliphatic heterocycles. The van der Waals surface area contributed by atoms with Gasteiger partial charge in [-0.1, -0.05) is 24.3 Å². The van der Waals surface area contributed by atoms with E-state index in [0.717, 1.165) is 18.2 Å². The second-order valence-electron chi connectivity index (χ2n) is 8.17. The highest BCUT2D eigenvalue weighted by atomic mass is 19.4. The van der Waals surface area contributed by atoms with Gasteiger partial charge in [-0.05, 0) is 66.5 Å². The third-order valence-corrected chi connectivity index (χ3v) is 5.14. The smallest absolute Gasteiger partial charge is 0.508 e. The summed E-state index contributed by atoms with van der Waals surface area (Å²) in [5, 5.41) is 19.2. The Kier molecular flexibility index (Phi) is 9.43. The summed E-state index contributed by atoms with van der Waals surface area (Å²) in [6.45, 7) is 1.69. The van der Waals surface area contributed by atoms with E-state index in [1.807, 2.05) is 0 Å². The first kappa shape index (κ1) is 28.2. The van der Waals surface area contributed by atoms with Crippen molar-refractivity contribution in [3.8, 4) is 17.2 Å². The molecule has 0 spiro atoms. The maximum atomic E-state index is 12.9. The molecule has 1 amide bonds. The number of aromatic hydroxyl groups is 2. The molecule has 0 aliphatic carbocycles. The first-order valence-corrected chi connectivity index (χ1v) is 10.8. The third kappa shape index (κ3) is 8.61.